The molecule has 0 spiro atoms. The van der Waals surface area contributed by atoms with Crippen molar-refractivity contribution in [1.29, 1.82) is 0 Å². The minimum absolute atomic E-state index is 0.0171. The minimum atomic E-state index is -0.0171. The van der Waals surface area contributed by atoms with Crippen molar-refractivity contribution in [1.82, 2.24) is 10.3 Å². The molecule has 1 heterocycles. The van der Waals surface area contributed by atoms with E-state index in [-0.39, 0.29) is 5.91 Å². The predicted octanol–water partition coefficient (Wildman–Crippen LogP) is 2.69. The monoisotopic (exact) mass is 240 g/mol. The van der Waals surface area contributed by atoms with E-state index < -0.39 is 0 Å². The molecule has 0 saturated heterocycles. The number of aryl methyl sites for hydroxylation is 1. The third-order valence-corrected chi connectivity index (χ3v) is 2.84. The molecule has 0 aliphatic carbocycles. The Morgan fingerprint density at radius 2 is 2.22 bits per heavy atom. The summed E-state index contributed by atoms with van der Waals surface area (Å²) < 4.78 is 0. The van der Waals surface area contributed by atoms with Gasteiger partial charge in [-0.25, -0.2) is 0 Å². The van der Waals surface area contributed by atoms with Gasteiger partial charge in [0, 0.05) is 25.1 Å². The Balaban J connectivity index is 2.24. The van der Waals surface area contributed by atoms with Crippen LogP contribution in [0.15, 0.2) is 36.5 Å². The lowest BCUT2D eigenvalue weighted by atomic mass is 10.0. The van der Waals surface area contributed by atoms with Crippen LogP contribution in [0.1, 0.15) is 18.1 Å². The third kappa shape index (κ3) is 2.74. The van der Waals surface area contributed by atoms with E-state index in [0.717, 1.165) is 22.0 Å². The number of hydrogen-bond donors (Lipinski definition) is 1. The molecule has 0 unspecified atom stereocenters. The number of aromatic nitrogens is 1. The van der Waals surface area contributed by atoms with Gasteiger partial charge in [0.05, 0.1) is 5.52 Å². The summed E-state index contributed by atoms with van der Waals surface area (Å²) in [6, 6.07) is 8.13. The second-order valence-corrected chi connectivity index (χ2v) is 4.19. The molecule has 0 aliphatic rings. The van der Waals surface area contributed by atoms with Crippen molar-refractivity contribution >= 4 is 22.9 Å². The van der Waals surface area contributed by atoms with Crippen LogP contribution in [0.4, 0.5) is 0 Å². The van der Waals surface area contributed by atoms with Gasteiger partial charge in [-0.1, -0.05) is 30.4 Å². The molecule has 0 saturated carbocycles. The molecule has 1 amide bonds. The van der Waals surface area contributed by atoms with Crippen molar-refractivity contribution in [3.05, 3.63) is 47.7 Å². The fraction of sp³-hybridized carbons (Fsp3) is 0.200. The Morgan fingerprint density at radius 3 is 3.00 bits per heavy atom. The highest BCUT2D eigenvalue weighted by Crippen LogP contribution is 2.20. The number of nitrogens with one attached hydrogen (secondary N) is 1. The lowest BCUT2D eigenvalue weighted by Crippen LogP contribution is -2.19. The van der Waals surface area contributed by atoms with Crippen molar-refractivity contribution in [3.8, 4) is 0 Å². The summed E-state index contributed by atoms with van der Waals surface area (Å²) in [7, 11) is 0. The van der Waals surface area contributed by atoms with E-state index in [9.17, 15) is 4.79 Å². The molecule has 1 aromatic heterocycles. The number of pyridine rings is 1. The van der Waals surface area contributed by atoms with E-state index in [4.69, 9.17) is 0 Å². The molecule has 1 aromatic carbocycles. The van der Waals surface area contributed by atoms with Crippen molar-refractivity contribution < 1.29 is 4.79 Å². The molecule has 3 heteroatoms. The van der Waals surface area contributed by atoms with Gasteiger partial charge in [-0.05, 0) is 24.1 Å². The fourth-order valence-electron chi connectivity index (χ4n) is 1.88. The molecular formula is C15H16N2O. The molecule has 1 N–H and O–H groups in total. The number of amides is 1. The van der Waals surface area contributed by atoms with Gasteiger partial charge in [-0.2, -0.15) is 0 Å². The first-order valence-electron chi connectivity index (χ1n) is 5.94. The van der Waals surface area contributed by atoms with Gasteiger partial charge in [0.15, 0.2) is 0 Å². The highest BCUT2D eigenvalue weighted by Gasteiger charge is 2.01. The Labute approximate surface area is 107 Å². The van der Waals surface area contributed by atoms with Gasteiger partial charge in [0.25, 0.3) is 0 Å². The van der Waals surface area contributed by atoms with Crippen LogP contribution in [0, 0.1) is 6.92 Å². The molecular weight excluding hydrogens is 224 g/mol. The van der Waals surface area contributed by atoms with Crippen molar-refractivity contribution in [3.63, 3.8) is 0 Å². The number of hydrogen-bond acceptors (Lipinski definition) is 2. The lowest BCUT2D eigenvalue weighted by molar-refractivity contribution is -0.118. The van der Waals surface area contributed by atoms with E-state index in [0.29, 0.717) is 6.54 Å². The summed E-state index contributed by atoms with van der Waals surface area (Å²) >= 11 is 0. The van der Waals surface area contributed by atoms with Crippen LogP contribution in [0.25, 0.3) is 17.0 Å². The van der Waals surface area contributed by atoms with E-state index >= 15 is 0 Å². The summed E-state index contributed by atoms with van der Waals surface area (Å²) in [5.74, 6) is -0.0171. The quantitative estimate of drug-likeness (QED) is 0.896. The van der Waals surface area contributed by atoms with Crippen LogP contribution < -0.4 is 5.32 Å². The Bertz CT molecular complexity index is 602. The molecule has 3 nitrogen and oxygen atoms in total. The van der Waals surface area contributed by atoms with Gasteiger partial charge in [-0.15, -0.1) is 0 Å². The van der Waals surface area contributed by atoms with Gasteiger partial charge in [0.2, 0.25) is 5.91 Å². The maximum Gasteiger partial charge on any atom is 0.217 e. The first-order valence-corrected chi connectivity index (χ1v) is 5.94. The lowest BCUT2D eigenvalue weighted by Gasteiger charge is -2.04. The molecule has 0 aliphatic heterocycles. The average molecular weight is 240 g/mol. The largest absolute Gasteiger partial charge is 0.353 e. The van der Waals surface area contributed by atoms with Crippen molar-refractivity contribution in [2.75, 3.05) is 6.54 Å². The normalized spacial score (nSPS) is 11.0. The van der Waals surface area contributed by atoms with E-state index in [1.54, 1.807) is 6.20 Å². The average Bonchev–Trinajstić information content (AvgIpc) is 2.37. The van der Waals surface area contributed by atoms with E-state index in [2.05, 4.69) is 35.4 Å². The van der Waals surface area contributed by atoms with Crippen molar-refractivity contribution in [2.24, 2.45) is 0 Å². The molecule has 2 rings (SSSR count). The van der Waals surface area contributed by atoms with Crippen molar-refractivity contribution in [2.45, 2.75) is 13.8 Å². The molecule has 2 aromatic rings. The smallest absolute Gasteiger partial charge is 0.217 e. The highest BCUT2D eigenvalue weighted by molar-refractivity contribution is 5.84. The maximum atomic E-state index is 10.7. The molecule has 0 fully saturated rings. The van der Waals surface area contributed by atoms with E-state index in [1.165, 1.54) is 6.92 Å². The number of nitrogens with zero attached hydrogens (tertiary/aromatic N) is 1. The summed E-state index contributed by atoms with van der Waals surface area (Å²) in [4.78, 5) is 15.1. The maximum absolute atomic E-state index is 10.7. The molecule has 0 bridgehead atoms. The minimum Gasteiger partial charge on any atom is -0.353 e. The zero-order chi connectivity index (χ0) is 13.0. The van der Waals surface area contributed by atoms with Crippen LogP contribution in [-0.2, 0) is 4.79 Å². The zero-order valence-electron chi connectivity index (χ0n) is 10.6. The molecule has 0 atom stereocenters. The van der Waals surface area contributed by atoms with Gasteiger partial charge in [0.1, 0.15) is 0 Å². The summed E-state index contributed by atoms with van der Waals surface area (Å²) in [6.45, 7) is 4.13. The number of benzene rings is 1. The summed E-state index contributed by atoms with van der Waals surface area (Å²) in [6.07, 6.45) is 5.76. The summed E-state index contributed by atoms with van der Waals surface area (Å²) in [5.41, 5.74) is 3.32. The first-order chi connectivity index (χ1) is 8.68. The second-order valence-electron chi connectivity index (χ2n) is 4.19. The SMILES string of the molecule is CC(=O)NCC=Cc1ccc2cccnc2c1C. The Morgan fingerprint density at radius 1 is 1.39 bits per heavy atom. The van der Waals surface area contributed by atoms with Gasteiger partial charge >= 0.3 is 0 Å². The number of carbonyl (C=O) groups excluding carboxylic acids is 1. The molecule has 0 radical (unpaired) electrons. The standard InChI is InChI=1S/C15H16N2O/c1-11-13(5-3-9-16-12(2)18)7-8-14-6-4-10-17-15(11)14/h3-8,10H,9H2,1-2H3,(H,16,18). The fourth-order valence-corrected chi connectivity index (χ4v) is 1.88. The topological polar surface area (TPSA) is 42.0 Å². The summed E-state index contributed by atoms with van der Waals surface area (Å²) in [5, 5.41) is 3.88. The zero-order valence-corrected chi connectivity index (χ0v) is 10.6. The van der Waals surface area contributed by atoms with Crippen LogP contribution in [0.2, 0.25) is 0 Å². The van der Waals surface area contributed by atoms with Crippen LogP contribution in [0.3, 0.4) is 0 Å². The number of fused-ring (bicyclic) bond motifs is 1. The Hall–Kier alpha value is -2.16. The first kappa shape index (κ1) is 12.3. The molecule has 92 valence electrons. The van der Waals surface area contributed by atoms with Gasteiger partial charge < -0.3 is 5.32 Å². The van der Waals surface area contributed by atoms with Crippen LogP contribution in [-0.4, -0.2) is 17.4 Å². The predicted molar refractivity (Wildman–Crippen MR) is 74.2 cm³/mol. The highest BCUT2D eigenvalue weighted by atomic mass is 16.1. The number of carbonyl (C=O) groups is 1. The van der Waals surface area contributed by atoms with Gasteiger partial charge in [-0.3, -0.25) is 9.78 Å². The number of rotatable bonds is 3. The Kier molecular flexibility index (Phi) is 3.72. The van der Waals surface area contributed by atoms with Crippen LogP contribution in [0.5, 0.6) is 0 Å². The second kappa shape index (κ2) is 5.45. The van der Waals surface area contributed by atoms with E-state index in [1.807, 2.05) is 18.2 Å². The third-order valence-electron chi connectivity index (χ3n) is 2.84. The van der Waals surface area contributed by atoms with Crippen LogP contribution >= 0.6 is 0 Å². The molecule has 18 heavy (non-hydrogen) atoms.